The van der Waals surface area contributed by atoms with Crippen molar-refractivity contribution < 1.29 is 13.9 Å². The topological polar surface area (TPSA) is 89.0 Å². The van der Waals surface area contributed by atoms with Crippen molar-refractivity contribution in [2.24, 2.45) is 0 Å². The third-order valence-electron chi connectivity index (χ3n) is 3.33. The molecule has 0 aliphatic rings. The Morgan fingerprint density at radius 1 is 1.15 bits per heavy atom. The van der Waals surface area contributed by atoms with Gasteiger partial charge >= 0.3 is 6.03 Å². The minimum absolute atomic E-state index is 0.191. The molecule has 132 valence electrons. The second kappa shape index (κ2) is 8.02. The summed E-state index contributed by atoms with van der Waals surface area (Å²) in [4.78, 5) is 24.2. The molecule has 2 amide bonds. The van der Waals surface area contributed by atoms with Crippen LogP contribution in [0.2, 0.25) is 0 Å². The van der Waals surface area contributed by atoms with Gasteiger partial charge in [0.05, 0.1) is 23.8 Å². The lowest BCUT2D eigenvalue weighted by Crippen LogP contribution is -2.20. The maximum atomic E-state index is 13.6. The van der Waals surface area contributed by atoms with E-state index in [0.717, 1.165) is 11.3 Å². The lowest BCUT2D eigenvalue weighted by atomic mass is 10.2. The number of carbonyl (C=O) groups excluding carboxylic acids is 1. The molecule has 0 bridgehead atoms. The highest BCUT2D eigenvalue weighted by atomic mass is 19.1. The van der Waals surface area contributed by atoms with E-state index in [1.807, 2.05) is 6.07 Å². The molecule has 0 saturated heterocycles. The number of anilines is 2. The molecule has 7 nitrogen and oxygen atoms in total. The number of aromatic nitrogens is 3. The Labute approximate surface area is 149 Å². The molecule has 2 N–H and O–H groups in total. The van der Waals surface area contributed by atoms with Gasteiger partial charge in [-0.3, -0.25) is 15.3 Å². The molecule has 0 aliphatic heterocycles. The predicted molar refractivity (Wildman–Crippen MR) is 94.4 cm³/mol. The minimum Gasteiger partial charge on any atom is -0.487 e. The van der Waals surface area contributed by atoms with Crippen molar-refractivity contribution in [2.45, 2.75) is 13.5 Å². The maximum Gasteiger partial charge on any atom is 0.324 e. The van der Waals surface area contributed by atoms with Crippen LogP contribution in [0.15, 0.2) is 55.1 Å². The van der Waals surface area contributed by atoms with E-state index in [1.165, 1.54) is 30.6 Å². The Hall–Kier alpha value is -3.55. The number of rotatable bonds is 5. The van der Waals surface area contributed by atoms with Gasteiger partial charge in [-0.1, -0.05) is 6.07 Å². The van der Waals surface area contributed by atoms with Crippen molar-refractivity contribution >= 4 is 17.5 Å². The highest BCUT2D eigenvalue weighted by Crippen LogP contribution is 2.26. The Bertz CT molecular complexity index is 888. The zero-order valence-corrected chi connectivity index (χ0v) is 13.9. The normalized spacial score (nSPS) is 10.2. The summed E-state index contributed by atoms with van der Waals surface area (Å²) in [6.45, 7) is 1.98. The van der Waals surface area contributed by atoms with Crippen molar-refractivity contribution in [3.63, 3.8) is 0 Å². The minimum atomic E-state index is -0.541. The summed E-state index contributed by atoms with van der Waals surface area (Å²) in [5, 5.41) is 5.16. The van der Waals surface area contributed by atoms with Crippen molar-refractivity contribution in [1.82, 2.24) is 15.0 Å². The molecule has 0 fully saturated rings. The third kappa shape index (κ3) is 4.73. The molecule has 0 saturated carbocycles. The number of amides is 2. The average molecular weight is 353 g/mol. The smallest absolute Gasteiger partial charge is 0.324 e. The van der Waals surface area contributed by atoms with Crippen molar-refractivity contribution in [2.75, 3.05) is 10.6 Å². The fourth-order valence-electron chi connectivity index (χ4n) is 2.09. The Balaban J connectivity index is 1.68. The first-order valence-electron chi connectivity index (χ1n) is 7.78. The number of halogens is 1. The Morgan fingerprint density at radius 2 is 2.04 bits per heavy atom. The van der Waals surface area contributed by atoms with E-state index in [4.69, 9.17) is 4.74 Å². The van der Waals surface area contributed by atoms with E-state index < -0.39 is 11.8 Å². The molecule has 1 aromatic carbocycles. The Kier molecular flexibility index (Phi) is 5.33. The highest BCUT2D eigenvalue weighted by Gasteiger charge is 2.10. The van der Waals surface area contributed by atoms with Gasteiger partial charge in [0, 0.05) is 24.0 Å². The molecule has 0 unspecified atom stereocenters. The molecule has 0 aliphatic carbocycles. The number of nitrogens with zero attached hydrogens (tertiary/aromatic N) is 3. The summed E-state index contributed by atoms with van der Waals surface area (Å²) < 4.78 is 19.2. The Morgan fingerprint density at radius 3 is 2.77 bits per heavy atom. The first-order valence-corrected chi connectivity index (χ1v) is 7.78. The van der Waals surface area contributed by atoms with Crippen LogP contribution in [-0.2, 0) is 6.61 Å². The number of benzene rings is 1. The standard InChI is InChI=1S/C18H16FN5O2/c1-12-8-22-17(10-21-12)24-18(25)23-15-5-4-14(19)7-16(15)26-11-13-3-2-6-20-9-13/h2-10H,11H2,1H3,(H2,22,23,24,25). The second-order valence-corrected chi connectivity index (χ2v) is 5.41. The number of pyridine rings is 1. The van der Waals surface area contributed by atoms with Crippen LogP contribution in [0.25, 0.3) is 0 Å². The SMILES string of the molecule is Cc1cnc(NC(=O)Nc2ccc(F)cc2OCc2cccnc2)cn1. The van der Waals surface area contributed by atoms with E-state index in [0.29, 0.717) is 11.5 Å². The summed E-state index contributed by atoms with van der Waals surface area (Å²) >= 11 is 0. The molecular formula is C18H16FN5O2. The van der Waals surface area contributed by atoms with Crippen LogP contribution >= 0.6 is 0 Å². The monoisotopic (exact) mass is 353 g/mol. The number of nitrogens with one attached hydrogen (secondary N) is 2. The zero-order valence-electron chi connectivity index (χ0n) is 13.9. The number of hydrogen-bond donors (Lipinski definition) is 2. The van der Waals surface area contributed by atoms with Crippen LogP contribution in [0.5, 0.6) is 5.75 Å². The van der Waals surface area contributed by atoms with E-state index >= 15 is 0 Å². The van der Waals surface area contributed by atoms with Crippen LogP contribution in [0, 0.1) is 12.7 Å². The number of ether oxygens (including phenoxy) is 1. The van der Waals surface area contributed by atoms with Crippen molar-refractivity contribution in [1.29, 1.82) is 0 Å². The van der Waals surface area contributed by atoms with Crippen LogP contribution in [-0.4, -0.2) is 21.0 Å². The van der Waals surface area contributed by atoms with E-state index in [2.05, 4.69) is 25.6 Å². The van der Waals surface area contributed by atoms with Gasteiger partial charge in [0.15, 0.2) is 5.82 Å². The van der Waals surface area contributed by atoms with Crippen molar-refractivity contribution in [3.05, 3.63) is 72.2 Å². The summed E-state index contributed by atoms with van der Waals surface area (Å²) in [6.07, 6.45) is 6.28. The second-order valence-electron chi connectivity index (χ2n) is 5.41. The van der Waals surface area contributed by atoms with Crippen LogP contribution in [0.3, 0.4) is 0 Å². The van der Waals surface area contributed by atoms with Gasteiger partial charge in [0.1, 0.15) is 18.2 Å². The van der Waals surface area contributed by atoms with Gasteiger partial charge in [0.2, 0.25) is 0 Å². The average Bonchev–Trinajstić information content (AvgIpc) is 2.64. The lowest BCUT2D eigenvalue weighted by Gasteiger charge is -2.13. The first-order chi connectivity index (χ1) is 12.6. The van der Waals surface area contributed by atoms with Gasteiger partial charge in [-0.2, -0.15) is 0 Å². The number of hydrogen-bond acceptors (Lipinski definition) is 5. The molecule has 0 atom stereocenters. The van der Waals surface area contributed by atoms with Crippen LogP contribution in [0.1, 0.15) is 11.3 Å². The molecule has 2 heterocycles. The van der Waals surface area contributed by atoms with Gasteiger partial charge < -0.3 is 10.1 Å². The summed E-state index contributed by atoms with van der Waals surface area (Å²) in [6, 6.07) is 6.94. The molecule has 0 radical (unpaired) electrons. The summed E-state index contributed by atoms with van der Waals surface area (Å²) in [5.41, 5.74) is 1.88. The molecule has 3 aromatic rings. The molecular weight excluding hydrogens is 337 g/mol. The number of carbonyl (C=O) groups is 1. The third-order valence-corrected chi connectivity index (χ3v) is 3.33. The van der Waals surface area contributed by atoms with E-state index in [1.54, 1.807) is 25.4 Å². The summed E-state index contributed by atoms with van der Waals surface area (Å²) in [5.74, 6) is 0.0357. The largest absolute Gasteiger partial charge is 0.487 e. The van der Waals surface area contributed by atoms with Gasteiger partial charge in [-0.25, -0.2) is 14.2 Å². The molecule has 0 spiro atoms. The van der Waals surface area contributed by atoms with Crippen molar-refractivity contribution in [3.8, 4) is 5.75 Å². The van der Waals surface area contributed by atoms with Gasteiger partial charge in [-0.05, 0) is 25.1 Å². The molecule has 8 heteroatoms. The van der Waals surface area contributed by atoms with Crippen LogP contribution < -0.4 is 15.4 Å². The van der Waals surface area contributed by atoms with E-state index in [9.17, 15) is 9.18 Å². The maximum absolute atomic E-state index is 13.6. The molecule has 2 aromatic heterocycles. The van der Waals surface area contributed by atoms with Crippen LogP contribution in [0.4, 0.5) is 20.7 Å². The molecule has 26 heavy (non-hydrogen) atoms. The fraction of sp³-hybridized carbons (Fsp3) is 0.111. The molecule has 3 rings (SSSR count). The zero-order chi connectivity index (χ0) is 18.4. The fourth-order valence-corrected chi connectivity index (χ4v) is 2.09. The predicted octanol–water partition coefficient (Wildman–Crippen LogP) is 3.54. The number of urea groups is 1. The van der Waals surface area contributed by atoms with E-state index in [-0.39, 0.29) is 12.4 Å². The summed E-state index contributed by atoms with van der Waals surface area (Å²) in [7, 11) is 0. The highest BCUT2D eigenvalue weighted by molar-refractivity contribution is 6.00. The number of aryl methyl sites for hydroxylation is 1. The quantitative estimate of drug-likeness (QED) is 0.732. The first kappa shape index (κ1) is 17.3. The van der Waals surface area contributed by atoms with Gasteiger partial charge in [0.25, 0.3) is 0 Å². The van der Waals surface area contributed by atoms with Gasteiger partial charge in [-0.15, -0.1) is 0 Å². The lowest BCUT2D eigenvalue weighted by molar-refractivity contribution is 0.261.